The zero-order chi connectivity index (χ0) is 10.9. The molecule has 0 aliphatic rings. The van der Waals surface area contributed by atoms with Gasteiger partial charge in [0.1, 0.15) is 5.82 Å². The molecule has 1 atom stereocenters. The molecule has 0 saturated heterocycles. The Morgan fingerprint density at radius 1 is 1.57 bits per heavy atom. The summed E-state index contributed by atoms with van der Waals surface area (Å²) in [5, 5.41) is 9.36. The Labute approximate surface area is 87.5 Å². The average molecular weight is 218 g/mol. The van der Waals surface area contributed by atoms with Gasteiger partial charge in [-0.05, 0) is 31.0 Å². The minimum atomic E-state index is -0.715. The van der Waals surface area contributed by atoms with Crippen molar-refractivity contribution in [1.29, 1.82) is 0 Å². The minimum Gasteiger partial charge on any atom is -0.394 e. The number of halogens is 2. The van der Waals surface area contributed by atoms with Crippen LogP contribution < -0.4 is 5.73 Å². The van der Waals surface area contributed by atoms with Crippen LogP contribution in [-0.2, 0) is 0 Å². The van der Waals surface area contributed by atoms with Crippen LogP contribution in [-0.4, -0.2) is 11.7 Å². The summed E-state index contributed by atoms with van der Waals surface area (Å²) in [5.41, 5.74) is 6.93. The molecule has 3 N–H and O–H groups in total. The summed E-state index contributed by atoms with van der Waals surface area (Å²) < 4.78 is 13.6. The SMILES string of the molecule is Cc1cc(Cl)c(C)c(C(N)CO)c1F. The standard InChI is InChI=1S/C10H13ClFNO/c1-5-3-7(11)6(2)9(10(5)12)8(13)4-14/h3,8,14H,4,13H2,1-2H3. The van der Waals surface area contributed by atoms with Crippen LogP contribution in [0.15, 0.2) is 6.07 Å². The van der Waals surface area contributed by atoms with Crippen LogP contribution in [0.2, 0.25) is 5.02 Å². The van der Waals surface area contributed by atoms with E-state index in [4.69, 9.17) is 22.4 Å². The Hall–Kier alpha value is -0.640. The molecule has 1 aromatic rings. The molecule has 1 aromatic carbocycles. The lowest BCUT2D eigenvalue weighted by Crippen LogP contribution is -2.18. The number of aliphatic hydroxyl groups is 1. The van der Waals surface area contributed by atoms with Crippen LogP contribution in [0.25, 0.3) is 0 Å². The van der Waals surface area contributed by atoms with Gasteiger partial charge >= 0.3 is 0 Å². The highest BCUT2D eigenvalue weighted by atomic mass is 35.5. The van der Waals surface area contributed by atoms with Gasteiger partial charge in [0.25, 0.3) is 0 Å². The summed E-state index contributed by atoms with van der Waals surface area (Å²) >= 11 is 5.89. The predicted octanol–water partition coefficient (Wildman–Crippen LogP) is 2.09. The second kappa shape index (κ2) is 4.26. The molecule has 4 heteroatoms. The van der Waals surface area contributed by atoms with Gasteiger partial charge in [-0.1, -0.05) is 11.6 Å². The van der Waals surface area contributed by atoms with Crippen LogP contribution in [0.1, 0.15) is 22.7 Å². The zero-order valence-corrected chi connectivity index (χ0v) is 8.90. The smallest absolute Gasteiger partial charge is 0.131 e. The molecule has 0 aliphatic carbocycles. The molecule has 14 heavy (non-hydrogen) atoms. The topological polar surface area (TPSA) is 46.2 Å². The number of nitrogens with two attached hydrogens (primary N) is 1. The first-order valence-electron chi connectivity index (χ1n) is 4.30. The van der Waals surface area contributed by atoms with Crippen molar-refractivity contribution in [3.8, 4) is 0 Å². The van der Waals surface area contributed by atoms with Gasteiger partial charge in [0.05, 0.1) is 12.6 Å². The molecule has 0 aromatic heterocycles. The number of aliphatic hydroxyl groups excluding tert-OH is 1. The highest BCUT2D eigenvalue weighted by molar-refractivity contribution is 6.31. The minimum absolute atomic E-state index is 0.294. The summed E-state index contributed by atoms with van der Waals surface area (Å²) in [4.78, 5) is 0. The van der Waals surface area contributed by atoms with Crippen molar-refractivity contribution >= 4 is 11.6 Å². The fraction of sp³-hybridized carbons (Fsp3) is 0.400. The molecular formula is C10H13ClFNO. The molecule has 0 amide bonds. The predicted molar refractivity (Wildman–Crippen MR) is 54.9 cm³/mol. The Bertz CT molecular complexity index is 328. The van der Waals surface area contributed by atoms with Gasteiger partial charge in [0, 0.05) is 10.6 Å². The summed E-state index contributed by atoms with van der Waals surface area (Å²) in [5.74, 6) is -0.381. The van der Waals surface area contributed by atoms with Crippen molar-refractivity contribution in [2.24, 2.45) is 5.73 Å². The molecule has 0 spiro atoms. The van der Waals surface area contributed by atoms with E-state index in [-0.39, 0.29) is 12.4 Å². The normalized spacial score (nSPS) is 13.0. The van der Waals surface area contributed by atoms with Gasteiger partial charge < -0.3 is 10.8 Å². The van der Waals surface area contributed by atoms with Crippen molar-refractivity contribution in [1.82, 2.24) is 0 Å². The lowest BCUT2D eigenvalue weighted by Gasteiger charge is -2.15. The Kier molecular flexibility index (Phi) is 3.48. The van der Waals surface area contributed by atoms with E-state index in [1.54, 1.807) is 19.9 Å². The van der Waals surface area contributed by atoms with Gasteiger partial charge in [0.15, 0.2) is 0 Å². The van der Waals surface area contributed by atoms with Gasteiger partial charge in [-0.15, -0.1) is 0 Å². The molecule has 0 fully saturated rings. The number of benzene rings is 1. The first-order chi connectivity index (χ1) is 6.49. The van der Waals surface area contributed by atoms with E-state index < -0.39 is 6.04 Å². The molecule has 1 rings (SSSR count). The second-order valence-electron chi connectivity index (χ2n) is 3.32. The molecule has 0 saturated carbocycles. The van der Waals surface area contributed by atoms with E-state index in [2.05, 4.69) is 0 Å². The monoisotopic (exact) mass is 217 g/mol. The van der Waals surface area contributed by atoms with Gasteiger partial charge in [-0.2, -0.15) is 0 Å². The molecular weight excluding hydrogens is 205 g/mol. The van der Waals surface area contributed by atoms with E-state index in [0.717, 1.165) is 0 Å². The van der Waals surface area contributed by atoms with Crippen molar-refractivity contribution in [2.45, 2.75) is 19.9 Å². The highest BCUT2D eigenvalue weighted by Gasteiger charge is 2.17. The molecule has 0 aliphatic heterocycles. The first kappa shape index (κ1) is 11.4. The summed E-state index contributed by atoms with van der Waals surface area (Å²) in [6, 6.07) is 0.840. The number of hydrogen-bond donors (Lipinski definition) is 2. The van der Waals surface area contributed by atoms with Crippen LogP contribution >= 0.6 is 11.6 Å². The Morgan fingerprint density at radius 2 is 2.14 bits per heavy atom. The van der Waals surface area contributed by atoms with Crippen LogP contribution in [0.5, 0.6) is 0 Å². The zero-order valence-electron chi connectivity index (χ0n) is 8.14. The summed E-state index contributed by atoms with van der Waals surface area (Å²) in [6.07, 6.45) is 0. The number of aryl methyl sites for hydroxylation is 1. The maximum atomic E-state index is 13.6. The van der Waals surface area contributed by atoms with Crippen LogP contribution in [0.3, 0.4) is 0 Å². The number of hydrogen-bond acceptors (Lipinski definition) is 2. The molecule has 1 unspecified atom stereocenters. The fourth-order valence-electron chi connectivity index (χ4n) is 1.40. The van der Waals surface area contributed by atoms with Crippen molar-refractivity contribution in [3.63, 3.8) is 0 Å². The largest absolute Gasteiger partial charge is 0.394 e. The molecule has 0 radical (unpaired) electrons. The third-order valence-electron chi connectivity index (χ3n) is 2.26. The van der Waals surface area contributed by atoms with Gasteiger partial charge in [-0.25, -0.2) is 4.39 Å². The van der Waals surface area contributed by atoms with Crippen LogP contribution in [0.4, 0.5) is 4.39 Å². The molecule has 2 nitrogen and oxygen atoms in total. The Balaban J connectivity index is 3.39. The summed E-state index contributed by atoms with van der Waals surface area (Å²) in [6.45, 7) is 3.02. The maximum absolute atomic E-state index is 13.6. The average Bonchev–Trinajstić information content (AvgIpc) is 2.15. The highest BCUT2D eigenvalue weighted by Crippen LogP contribution is 2.28. The first-order valence-corrected chi connectivity index (χ1v) is 4.68. The lowest BCUT2D eigenvalue weighted by atomic mass is 9.99. The lowest BCUT2D eigenvalue weighted by molar-refractivity contribution is 0.265. The van der Waals surface area contributed by atoms with Gasteiger partial charge in [-0.3, -0.25) is 0 Å². The Morgan fingerprint density at radius 3 is 2.64 bits per heavy atom. The van der Waals surface area contributed by atoms with E-state index in [1.165, 1.54) is 0 Å². The van der Waals surface area contributed by atoms with E-state index in [9.17, 15) is 4.39 Å². The number of rotatable bonds is 2. The van der Waals surface area contributed by atoms with Crippen molar-refractivity contribution in [2.75, 3.05) is 6.61 Å². The third-order valence-corrected chi connectivity index (χ3v) is 2.65. The van der Waals surface area contributed by atoms with Gasteiger partial charge in [0.2, 0.25) is 0 Å². The summed E-state index contributed by atoms with van der Waals surface area (Å²) in [7, 11) is 0. The van der Waals surface area contributed by atoms with E-state index in [1.807, 2.05) is 0 Å². The van der Waals surface area contributed by atoms with E-state index >= 15 is 0 Å². The molecule has 0 bridgehead atoms. The van der Waals surface area contributed by atoms with Crippen molar-refractivity contribution < 1.29 is 9.50 Å². The molecule has 0 heterocycles. The van der Waals surface area contributed by atoms with E-state index in [0.29, 0.717) is 21.7 Å². The van der Waals surface area contributed by atoms with Crippen LogP contribution in [0, 0.1) is 19.7 Å². The fourth-order valence-corrected chi connectivity index (χ4v) is 1.67. The quantitative estimate of drug-likeness (QED) is 0.797. The molecule has 78 valence electrons. The second-order valence-corrected chi connectivity index (χ2v) is 3.72. The maximum Gasteiger partial charge on any atom is 0.131 e. The van der Waals surface area contributed by atoms with Crippen molar-refractivity contribution in [3.05, 3.63) is 33.6 Å². The third kappa shape index (κ3) is 1.90.